The highest BCUT2D eigenvalue weighted by Gasteiger charge is 2.11. The van der Waals surface area contributed by atoms with Crippen LogP contribution in [-0.4, -0.2) is 74.1 Å². The molecule has 2 rings (SSSR count). The van der Waals surface area contributed by atoms with Crippen LogP contribution in [0.5, 0.6) is 0 Å². The van der Waals surface area contributed by atoms with Gasteiger partial charge in [0.2, 0.25) is 0 Å². The second-order valence-corrected chi connectivity index (χ2v) is 7.39. The Balaban J connectivity index is 1.68. The highest BCUT2D eigenvalue weighted by atomic mass is 32.1. The summed E-state index contributed by atoms with van der Waals surface area (Å²) in [5.74, 6) is 0.849. The molecule has 1 aliphatic rings. The lowest BCUT2D eigenvalue weighted by Gasteiger charge is -2.20. The number of hydrogen-bond acceptors (Lipinski definition) is 5. The molecule has 0 aliphatic carbocycles. The first-order chi connectivity index (χ1) is 11.1. The number of nitrogens with zero attached hydrogens (tertiary/aromatic N) is 4. The van der Waals surface area contributed by atoms with Gasteiger partial charge in [-0.2, -0.15) is 0 Å². The van der Waals surface area contributed by atoms with Gasteiger partial charge in [0, 0.05) is 38.1 Å². The predicted molar refractivity (Wildman–Crippen MR) is 98.3 cm³/mol. The molecular weight excluding hydrogens is 308 g/mol. The van der Waals surface area contributed by atoms with E-state index in [1.807, 2.05) is 7.05 Å². The van der Waals surface area contributed by atoms with Gasteiger partial charge in [0.25, 0.3) is 0 Å². The smallest absolute Gasteiger partial charge is 0.191 e. The number of aromatic nitrogens is 1. The predicted octanol–water partition coefficient (Wildman–Crippen LogP) is 1.06. The van der Waals surface area contributed by atoms with Crippen molar-refractivity contribution in [2.24, 2.45) is 4.99 Å². The highest BCUT2D eigenvalue weighted by molar-refractivity contribution is 7.11. The van der Waals surface area contributed by atoms with E-state index in [9.17, 15) is 0 Å². The van der Waals surface area contributed by atoms with Gasteiger partial charge in [-0.3, -0.25) is 4.99 Å². The normalized spacial score (nSPS) is 18.0. The van der Waals surface area contributed by atoms with Crippen LogP contribution in [0.15, 0.2) is 4.99 Å². The number of aliphatic imine (C=N–C) groups is 1. The summed E-state index contributed by atoms with van der Waals surface area (Å²) in [4.78, 5) is 15.1. The van der Waals surface area contributed by atoms with Crippen molar-refractivity contribution < 1.29 is 0 Å². The summed E-state index contributed by atoms with van der Waals surface area (Å²) in [6.07, 6.45) is 1.26. The van der Waals surface area contributed by atoms with Crippen molar-refractivity contribution in [1.29, 1.82) is 0 Å². The Morgan fingerprint density at radius 3 is 2.74 bits per heavy atom. The third-order valence-corrected chi connectivity index (χ3v) is 5.31. The summed E-state index contributed by atoms with van der Waals surface area (Å²) >= 11 is 1.75. The van der Waals surface area contributed by atoms with E-state index in [2.05, 4.69) is 51.3 Å². The number of likely N-dealkylation sites (N-methyl/N-ethyl adjacent to an activating group) is 1. The maximum Gasteiger partial charge on any atom is 0.191 e. The largest absolute Gasteiger partial charge is 0.355 e. The highest BCUT2D eigenvalue weighted by Crippen LogP contribution is 2.15. The van der Waals surface area contributed by atoms with Gasteiger partial charge in [-0.1, -0.05) is 0 Å². The molecule has 1 saturated heterocycles. The van der Waals surface area contributed by atoms with E-state index in [0.717, 1.165) is 49.4 Å². The molecule has 0 unspecified atom stereocenters. The standard InChI is InChI=1S/C16H30N6S/c1-13-14(2)23-15(20-13)12-19-16(17-3)18-6-9-22-8-5-7-21(4)10-11-22/h5-12H2,1-4H3,(H2,17,18,19). The molecule has 0 spiro atoms. The zero-order valence-corrected chi connectivity index (χ0v) is 15.7. The second-order valence-electron chi connectivity index (χ2n) is 6.10. The Bertz CT molecular complexity index is 493. The van der Waals surface area contributed by atoms with Crippen molar-refractivity contribution in [1.82, 2.24) is 25.4 Å². The molecule has 2 N–H and O–H groups in total. The van der Waals surface area contributed by atoms with E-state index in [4.69, 9.17) is 0 Å². The van der Waals surface area contributed by atoms with Gasteiger partial charge < -0.3 is 20.4 Å². The van der Waals surface area contributed by atoms with E-state index in [1.54, 1.807) is 11.3 Å². The fourth-order valence-electron chi connectivity index (χ4n) is 2.65. The average molecular weight is 339 g/mol. The van der Waals surface area contributed by atoms with Crippen molar-refractivity contribution in [2.75, 3.05) is 53.4 Å². The van der Waals surface area contributed by atoms with Gasteiger partial charge >= 0.3 is 0 Å². The van der Waals surface area contributed by atoms with Crippen LogP contribution in [0.4, 0.5) is 0 Å². The van der Waals surface area contributed by atoms with Gasteiger partial charge in [-0.05, 0) is 40.4 Å². The Labute approximate surface area is 144 Å². The first-order valence-electron chi connectivity index (χ1n) is 8.37. The Kier molecular flexibility index (Phi) is 7.26. The average Bonchev–Trinajstić information content (AvgIpc) is 2.72. The molecule has 1 fully saturated rings. The van der Waals surface area contributed by atoms with Crippen molar-refractivity contribution >= 4 is 17.3 Å². The Morgan fingerprint density at radius 1 is 1.22 bits per heavy atom. The molecule has 6 nitrogen and oxygen atoms in total. The molecule has 1 aromatic rings. The van der Waals surface area contributed by atoms with E-state index in [-0.39, 0.29) is 0 Å². The van der Waals surface area contributed by atoms with Crippen molar-refractivity contribution in [3.8, 4) is 0 Å². The van der Waals surface area contributed by atoms with Crippen LogP contribution in [-0.2, 0) is 6.54 Å². The molecule has 23 heavy (non-hydrogen) atoms. The second kappa shape index (κ2) is 9.20. The molecule has 0 radical (unpaired) electrons. The van der Waals surface area contributed by atoms with Crippen molar-refractivity contribution in [3.63, 3.8) is 0 Å². The van der Waals surface area contributed by atoms with Gasteiger partial charge in [0.05, 0.1) is 12.2 Å². The molecular formula is C16H30N6S. The van der Waals surface area contributed by atoms with Crippen molar-refractivity contribution in [3.05, 3.63) is 15.6 Å². The molecule has 1 aliphatic heterocycles. The number of guanidine groups is 1. The quantitative estimate of drug-likeness (QED) is 0.621. The fourth-order valence-corrected chi connectivity index (χ4v) is 3.52. The monoisotopic (exact) mass is 338 g/mol. The Hall–Kier alpha value is -1.18. The van der Waals surface area contributed by atoms with E-state index in [0.29, 0.717) is 0 Å². The summed E-state index contributed by atoms with van der Waals surface area (Å²) in [5, 5.41) is 7.85. The number of aryl methyl sites for hydroxylation is 2. The number of nitrogens with one attached hydrogen (secondary N) is 2. The molecule has 0 saturated carbocycles. The summed E-state index contributed by atoms with van der Waals surface area (Å²) in [7, 11) is 4.02. The van der Waals surface area contributed by atoms with Crippen LogP contribution in [0.2, 0.25) is 0 Å². The molecule has 2 heterocycles. The molecule has 0 bridgehead atoms. The minimum Gasteiger partial charge on any atom is -0.355 e. The van der Waals surface area contributed by atoms with Crippen LogP contribution in [0.3, 0.4) is 0 Å². The van der Waals surface area contributed by atoms with Gasteiger partial charge in [-0.25, -0.2) is 4.98 Å². The topological polar surface area (TPSA) is 55.8 Å². The van der Waals surface area contributed by atoms with Crippen molar-refractivity contribution in [2.45, 2.75) is 26.8 Å². The third-order valence-electron chi connectivity index (χ3n) is 4.24. The van der Waals surface area contributed by atoms with E-state index < -0.39 is 0 Å². The van der Waals surface area contributed by atoms with Gasteiger partial charge in [0.1, 0.15) is 5.01 Å². The lowest BCUT2D eigenvalue weighted by atomic mass is 10.4. The zero-order chi connectivity index (χ0) is 16.7. The van der Waals surface area contributed by atoms with Crippen LogP contribution in [0.25, 0.3) is 0 Å². The van der Waals surface area contributed by atoms with E-state index in [1.165, 1.54) is 24.4 Å². The summed E-state index contributed by atoms with van der Waals surface area (Å²) in [5.41, 5.74) is 1.13. The van der Waals surface area contributed by atoms with Gasteiger partial charge in [-0.15, -0.1) is 11.3 Å². The molecule has 7 heteroatoms. The number of thiazole rings is 1. The van der Waals surface area contributed by atoms with Crippen LogP contribution in [0.1, 0.15) is 22.0 Å². The SMILES string of the molecule is CN=C(NCCN1CCCN(C)CC1)NCc1nc(C)c(C)s1. The zero-order valence-electron chi connectivity index (χ0n) is 14.9. The molecule has 0 amide bonds. The minimum atomic E-state index is 0.730. The minimum absolute atomic E-state index is 0.730. The lowest BCUT2D eigenvalue weighted by Crippen LogP contribution is -2.42. The summed E-state index contributed by atoms with van der Waals surface area (Å²) in [6, 6.07) is 0. The number of hydrogen-bond donors (Lipinski definition) is 2. The maximum atomic E-state index is 4.55. The van der Waals surface area contributed by atoms with Gasteiger partial charge in [0.15, 0.2) is 5.96 Å². The first-order valence-corrected chi connectivity index (χ1v) is 9.18. The molecule has 0 aromatic carbocycles. The Morgan fingerprint density at radius 2 is 2.04 bits per heavy atom. The van der Waals surface area contributed by atoms with Crippen LogP contribution in [0, 0.1) is 13.8 Å². The van der Waals surface area contributed by atoms with E-state index >= 15 is 0 Å². The van der Waals surface area contributed by atoms with Crippen LogP contribution >= 0.6 is 11.3 Å². The summed E-state index contributed by atoms with van der Waals surface area (Å²) < 4.78 is 0. The molecule has 1 aromatic heterocycles. The fraction of sp³-hybridized carbons (Fsp3) is 0.750. The lowest BCUT2D eigenvalue weighted by molar-refractivity contribution is 0.280. The summed E-state index contributed by atoms with van der Waals surface area (Å²) in [6.45, 7) is 11.6. The first kappa shape index (κ1) is 18.2. The van der Waals surface area contributed by atoms with Crippen LogP contribution < -0.4 is 10.6 Å². The third kappa shape index (κ3) is 6.08. The maximum absolute atomic E-state index is 4.55. The molecule has 0 atom stereocenters. The number of rotatable bonds is 5. The molecule has 130 valence electrons.